The van der Waals surface area contributed by atoms with Crippen molar-refractivity contribution in [2.75, 3.05) is 43.4 Å². The van der Waals surface area contributed by atoms with E-state index in [1.54, 1.807) is 6.07 Å². The molecule has 9 nitrogen and oxygen atoms in total. The number of rotatable bonds is 6. The second-order valence-corrected chi connectivity index (χ2v) is 15.4. The molecule has 3 N–H and O–H groups in total. The number of hydrogen-bond donors (Lipinski definition) is 2. The highest BCUT2D eigenvalue weighted by Gasteiger charge is 2.50. The number of hydrogen-bond acceptors (Lipinski definition) is 11. The summed E-state index contributed by atoms with van der Waals surface area (Å²) in [5.74, 6) is -0.263. The van der Waals surface area contributed by atoms with Crippen LogP contribution in [-0.2, 0) is 0 Å². The van der Waals surface area contributed by atoms with Gasteiger partial charge in [-0.25, -0.2) is 18.2 Å². The number of fused-ring (bicyclic) bond motifs is 5. The summed E-state index contributed by atoms with van der Waals surface area (Å²) in [6, 6.07) is 3.85. The maximum atomic E-state index is 17.3. The molecule has 0 amide bonds. The number of benzene rings is 1. The van der Waals surface area contributed by atoms with Gasteiger partial charge in [-0.05, 0) is 75.6 Å². The highest BCUT2D eigenvalue weighted by molar-refractivity contribution is 7.97. The van der Waals surface area contributed by atoms with Crippen LogP contribution in [0.1, 0.15) is 62.6 Å². The van der Waals surface area contributed by atoms with Crippen LogP contribution in [-0.4, -0.2) is 86.8 Å². The fraction of sp³-hybridized carbons (Fsp3) is 0.581. The van der Waals surface area contributed by atoms with Crippen LogP contribution >= 0.6 is 23.3 Å². The summed E-state index contributed by atoms with van der Waals surface area (Å²) in [5, 5.41) is 3.91. The molecule has 0 radical (unpaired) electrons. The highest BCUT2D eigenvalue weighted by atomic mass is 32.2. The van der Waals surface area contributed by atoms with Gasteiger partial charge in [0.25, 0.3) is 0 Å². The number of anilines is 2. The maximum absolute atomic E-state index is 17.3. The van der Waals surface area contributed by atoms with E-state index in [9.17, 15) is 8.78 Å². The predicted octanol–water partition coefficient (Wildman–Crippen LogP) is 5.37. The van der Waals surface area contributed by atoms with Crippen molar-refractivity contribution in [2.24, 2.45) is 0 Å². The normalized spacial score (nSPS) is 29.9. The first-order valence-corrected chi connectivity index (χ1v) is 17.6. The minimum atomic E-state index is -0.880. The molecule has 238 valence electrons. The summed E-state index contributed by atoms with van der Waals surface area (Å²) in [5.41, 5.74) is 6.98. The van der Waals surface area contributed by atoms with E-state index in [-0.39, 0.29) is 35.0 Å². The number of nitrogens with zero attached hydrogens (tertiary/aromatic N) is 6. The molecule has 9 rings (SSSR count). The smallest absolute Gasteiger partial charge is 0.319 e. The fourth-order valence-corrected chi connectivity index (χ4v) is 10.3. The molecule has 3 unspecified atom stereocenters. The average Bonchev–Trinajstić information content (AvgIpc) is 3.74. The maximum Gasteiger partial charge on any atom is 0.319 e. The zero-order valence-corrected chi connectivity index (χ0v) is 26.4. The van der Waals surface area contributed by atoms with Gasteiger partial charge in [0.2, 0.25) is 0 Å². The molecule has 5 aliphatic heterocycles. The number of nitrogen functional groups attached to an aromatic ring is 1. The quantitative estimate of drug-likeness (QED) is 0.337. The lowest BCUT2D eigenvalue weighted by Crippen LogP contribution is -2.51. The SMILES string of the molecule is Nc1nc2c(C3=C(F)c4nc(OC[C@@]56CCCN5CC(F)C6)nc(N5CC6CCC(C5)N6)c4SN3C3CCC3)ccc(F)c2s1. The number of thiazole rings is 1. The van der Waals surface area contributed by atoms with Gasteiger partial charge >= 0.3 is 6.01 Å². The fourth-order valence-electron chi connectivity index (χ4n) is 8.20. The number of aromatic nitrogens is 3. The van der Waals surface area contributed by atoms with E-state index in [4.69, 9.17) is 20.4 Å². The van der Waals surface area contributed by atoms with Gasteiger partial charge in [-0.1, -0.05) is 11.3 Å². The number of halogens is 3. The molecule has 7 heterocycles. The Labute approximate surface area is 267 Å². The van der Waals surface area contributed by atoms with Crippen molar-refractivity contribution in [3.63, 3.8) is 0 Å². The highest BCUT2D eigenvalue weighted by Crippen LogP contribution is 2.53. The Hall–Kier alpha value is -2.81. The third-order valence-electron chi connectivity index (χ3n) is 10.6. The molecule has 14 heteroatoms. The van der Waals surface area contributed by atoms with Gasteiger partial charge in [0.15, 0.2) is 16.8 Å². The van der Waals surface area contributed by atoms with Crippen LogP contribution in [0.2, 0.25) is 0 Å². The Balaban J connectivity index is 1.18. The molecular formula is C31H35F3N8OS2. The van der Waals surface area contributed by atoms with Crippen LogP contribution in [0.3, 0.4) is 0 Å². The van der Waals surface area contributed by atoms with Crippen molar-refractivity contribution < 1.29 is 17.9 Å². The zero-order chi connectivity index (χ0) is 30.4. The topological polar surface area (TPSA) is 95.7 Å². The van der Waals surface area contributed by atoms with Gasteiger partial charge in [-0.15, -0.1) is 0 Å². The van der Waals surface area contributed by atoms with Crippen LogP contribution in [0.5, 0.6) is 6.01 Å². The molecule has 1 aliphatic carbocycles. The Morgan fingerprint density at radius 3 is 2.64 bits per heavy atom. The molecule has 1 saturated carbocycles. The van der Waals surface area contributed by atoms with Gasteiger partial charge in [-0.2, -0.15) is 9.97 Å². The van der Waals surface area contributed by atoms with Crippen molar-refractivity contribution in [1.82, 2.24) is 29.5 Å². The van der Waals surface area contributed by atoms with Crippen LogP contribution in [0.4, 0.5) is 24.1 Å². The molecule has 2 aromatic heterocycles. The molecule has 5 fully saturated rings. The van der Waals surface area contributed by atoms with Crippen molar-refractivity contribution in [3.8, 4) is 6.01 Å². The van der Waals surface area contributed by atoms with Gasteiger partial charge in [0.1, 0.15) is 29.2 Å². The van der Waals surface area contributed by atoms with Crippen molar-refractivity contribution in [1.29, 1.82) is 0 Å². The second-order valence-electron chi connectivity index (χ2n) is 13.4. The Morgan fingerprint density at radius 1 is 1.04 bits per heavy atom. The predicted molar refractivity (Wildman–Crippen MR) is 170 cm³/mol. The summed E-state index contributed by atoms with van der Waals surface area (Å²) in [6.07, 6.45) is 6.49. The lowest BCUT2D eigenvalue weighted by atomic mass is 9.92. The molecule has 4 atom stereocenters. The number of piperazine rings is 1. The van der Waals surface area contributed by atoms with E-state index in [0.29, 0.717) is 57.2 Å². The lowest BCUT2D eigenvalue weighted by Gasteiger charge is -2.43. The molecule has 0 spiro atoms. The first kappa shape index (κ1) is 28.4. The molecule has 3 aromatic rings. The largest absolute Gasteiger partial charge is 0.461 e. The standard InChI is InChI=1S/C31H35F3N8OS2/c32-16-11-31(9-2-10-41(31)12-16)15-43-30-38-24-22(34)25(20-7-8-21(33)26-23(20)37-29(35)44-26)42(19-3-1-4-19)45-27(24)28(39-30)40-13-17-5-6-18(14-40)36-17/h7-8,16-19,36H,1-6,9-15H2,(H2,35,37)/t16?,17?,18?,31-/m0/s1. The Morgan fingerprint density at radius 2 is 1.87 bits per heavy atom. The third-order valence-corrected chi connectivity index (χ3v) is 12.7. The number of ether oxygens (including phenoxy) is 1. The summed E-state index contributed by atoms with van der Waals surface area (Å²) in [7, 11) is 0. The van der Waals surface area contributed by atoms with Gasteiger partial charge < -0.3 is 25.0 Å². The first-order chi connectivity index (χ1) is 21.8. The van der Waals surface area contributed by atoms with E-state index in [2.05, 4.69) is 20.1 Å². The van der Waals surface area contributed by atoms with Crippen LogP contribution in [0.25, 0.3) is 21.7 Å². The van der Waals surface area contributed by atoms with Crippen molar-refractivity contribution in [3.05, 3.63) is 29.2 Å². The zero-order valence-electron chi connectivity index (χ0n) is 24.8. The molecular weight excluding hydrogens is 622 g/mol. The summed E-state index contributed by atoms with van der Waals surface area (Å²) < 4.78 is 55.3. The van der Waals surface area contributed by atoms with Crippen LogP contribution in [0, 0.1) is 5.82 Å². The van der Waals surface area contributed by atoms with Crippen LogP contribution < -0.4 is 20.7 Å². The molecule has 6 aliphatic rings. The monoisotopic (exact) mass is 656 g/mol. The summed E-state index contributed by atoms with van der Waals surface area (Å²) in [6.45, 7) is 3.06. The van der Waals surface area contributed by atoms with Crippen LogP contribution in [0.15, 0.2) is 17.0 Å². The van der Waals surface area contributed by atoms with Gasteiger partial charge in [0, 0.05) is 49.7 Å². The lowest BCUT2D eigenvalue weighted by molar-refractivity contribution is 0.107. The number of nitrogens with two attached hydrogens (primary N) is 1. The van der Waals surface area contributed by atoms with Gasteiger partial charge in [-0.3, -0.25) is 4.90 Å². The number of alkyl halides is 1. The molecule has 2 bridgehead atoms. The van der Waals surface area contributed by atoms with E-state index in [1.807, 2.05) is 4.31 Å². The van der Waals surface area contributed by atoms with Gasteiger partial charge in [0.05, 0.1) is 21.5 Å². The summed E-state index contributed by atoms with van der Waals surface area (Å²) >= 11 is 2.52. The minimum Gasteiger partial charge on any atom is -0.461 e. The minimum absolute atomic E-state index is 0.103. The molecule has 45 heavy (non-hydrogen) atoms. The van der Waals surface area contributed by atoms with E-state index >= 15 is 4.39 Å². The second kappa shape index (κ2) is 10.6. The summed E-state index contributed by atoms with van der Waals surface area (Å²) in [4.78, 5) is 19.2. The van der Waals surface area contributed by atoms with E-state index < -0.39 is 17.8 Å². The third kappa shape index (κ3) is 4.61. The Bertz CT molecular complexity index is 1710. The number of nitrogens with one attached hydrogen (secondary N) is 1. The van der Waals surface area contributed by atoms with E-state index in [0.717, 1.165) is 75.9 Å². The average molecular weight is 657 g/mol. The van der Waals surface area contributed by atoms with Crippen molar-refractivity contribution in [2.45, 2.75) is 86.1 Å². The first-order valence-electron chi connectivity index (χ1n) is 16.0. The van der Waals surface area contributed by atoms with E-state index in [1.165, 1.54) is 18.0 Å². The van der Waals surface area contributed by atoms with Crippen molar-refractivity contribution >= 4 is 56.0 Å². The molecule has 1 aromatic carbocycles. The molecule has 4 saturated heterocycles. The Kier molecular flexibility index (Phi) is 6.70.